The highest BCUT2D eigenvalue weighted by Gasteiger charge is 2.21. The van der Waals surface area contributed by atoms with Gasteiger partial charge in [-0.1, -0.05) is 19.1 Å². The molecular weight excluding hydrogens is 281 g/mol. The largest absolute Gasteiger partial charge is 0.364 e. The van der Waals surface area contributed by atoms with Gasteiger partial charge in [0.25, 0.3) is 0 Å². The number of halogens is 1. The van der Waals surface area contributed by atoms with Crippen LogP contribution in [0.1, 0.15) is 36.3 Å². The van der Waals surface area contributed by atoms with Gasteiger partial charge >= 0.3 is 0 Å². The molecule has 2 atom stereocenters. The monoisotopic (exact) mass is 301 g/mol. The van der Waals surface area contributed by atoms with Crippen LogP contribution in [0.4, 0.5) is 10.2 Å². The minimum absolute atomic E-state index is 0.00179. The zero-order chi connectivity index (χ0) is 15.5. The summed E-state index contributed by atoms with van der Waals surface area (Å²) in [7, 11) is 0. The summed E-state index contributed by atoms with van der Waals surface area (Å²) in [5.74, 6) is 1.18. The normalized spacial score (nSPS) is 19.1. The quantitative estimate of drug-likeness (QED) is 0.907. The van der Waals surface area contributed by atoms with Gasteiger partial charge in [0.05, 0.1) is 0 Å². The molecule has 1 fully saturated rings. The highest BCUT2D eigenvalue weighted by molar-refractivity contribution is 5.46. The molecule has 1 unspecified atom stereocenters. The maximum atomic E-state index is 13.1. The van der Waals surface area contributed by atoms with Crippen LogP contribution in [-0.2, 0) is 0 Å². The van der Waals surface area contributed by atoms with E-state index in [-0.39, 0.29) is 11.7 Å². The molecule has 3 rings (SSSR count). The topological polar surface area (TPSA) is 62.7 Å². The molecular formula is C16H20FN5. The van der Waals surface area contributed by atoms with E-state index < -0.39 is 0 Å². The van der Waals surface area contributed by atoms with E-state index in [1.807, 2.05) is 13.8 Å². The summed E-state index contributed by atoms with van der Waals surface area (Å²) in [5, 5.41) is 15.2. The summed E-state index contributed by atoms with van der Waals surface area (Å²) < 4.78 is 13.1. The van der Waals surface area contributed by atoms with Gasteiger partial charge < -0.3 is 10.6 Å². The zero-order valence-electron chi connectivity index (χ0n) is 12.8. The van der Waals surface area contributed by atoms with Crippen LogP contribution in [0, 0.1) is 12.7 Å². The highest BCUT2D eigenvalue weighted by Crippen LogP contribution is 2.27. The van der Waals surface area contributed by atoms with Crippen molar-refractivity contribution < 1.29 is 4.39 Å². The van der Waals surface area contributed by atoms with Crippen LogP contribution in [0.25, 0.3) is 0 Å². The van der Waals surface area contributed by atoms with Crippen LogP contribution in [0.5, 0.6) is 0 Å². The van der Waals surface area contributed by atoms with Crippen LogP contribution < -0.4 is 10.6 Å². The summed E-state index contributed by atoms with van der Waals surface area (Å²) in [6, 6.07) is 6.85. The van der Waals surface area contributed by atoms with E-state index >= 15 is 0 Å². The fourth-order valence-corrected chi connectivity index (χ4v) is 2.69. The van der Waals surface area contributed by atoms with Gasteiger partial charge in [-0.2, -0.15) is 0 Å². The standard InChI is InChI=1S/C16H20FN5/c1-10(12-3-5-13(17)6-4-12)15-16(19-11(2)21-22-15)20-14-7-8-18-9-14/h3-6,10,14,18H,7-9H2,1-2H3,(H,19,20,21)/t10-,14?/m0/s1. The average Bonchev–Trinajstić information content (AvgIpc) is 3.00. The number of nitrogens with one attached hydrogen (secondary N) is 2. The second-order valence-corrected chi connectivity index (χ2v) is 5.70. The molecule has 1 aliphatic rings. The van der Waals surface area contributed by atoms with Crippen molar-refractivity contribution >= 4 is 5.82 Å². The number of anilines is 1. The molecule has 1 aliphatic heterocycles. The SMILES string of the molecule is Cc1nnc([C@@H](C)c2ccc(F)cc2)c(NC2CCNC2)n1. The number of hydrogen-bond acceptors (Lipinski definition) is 5. The Morgan fingerprint density at radius 3 is 2.73 bits per heavy atom. The Kier molecular flexibility index (Phi) is 4.29. The van der Waals surface area contributed by atoms with E-state index in [0.29, 0.717) is 11.9 Å². The van der Waals surface area contributed by atoms with Gasteiger partial charge in [-0.3, -0.25) is 0 Å². The zero-order valence-corrected chi connectivity index (χ0v) is 12.8. The van der Waals surface area contributed by atoms with Crippen molar-refractivity contribution in [1.29, 1.82) is 0 Å². The van der Waals surface area contributed by atoms with Gasteiger partial charge in [0, 0.05) is 18.5 Å². The van der Waals surface area contributed by atoms with Crippen molar-refractivity contribution in [3.63, 3.8) is 0 Å². The Hall–Kier alpha value is -2.08. The van der Waals surface area contributed by atoms with E-state index in [9.17, 15) is 4.39 Å². The number of aromatic nitrogens is 3. The molecule has 6 heteroatoms. The maximum absolute atomic E-state index is 13.1. The summed E-state index contributed by atoms with van der Waals surface area (Å²) in [5.41, 5.74) is 1.79. The third-order valence-corrected chi connectivity index (χ3v) is 4.00. The molecule has 1 aromatic carbocycles. The lowest BCUT2D eigenvalue weighted by Gasteiger charge is -2.18. The first-order valence-electron chi connectivity index (χ1n) is 7.57. The molecule has 0 spiro atoms. The molecule has 2 heterocycles. The van der Waals surface area contributed by atoms with Crippen molar-refractivity contribution in [2.75, 3.05) is 18.4 Å². The molecule has 0 aliphatic carbocycles. The van der Waals surface area contributed by atoms with E-state index in [1.165, 1.54) is 12.1 Å². The molecule has 0 amide bonds. The minimum atomic E-state index is -0.237. The molecule has 0 bridgehead atoms. The molecule has 1 saturated heterocycles. The lowest BCUT2D eigenvalue weighted by molar-refractivity contribution is 0.626. The number of aryl methyl sites for hydroxylation is 1. The Labute approximate surface area is 129 Å². The van der Waals surface area contributed by atoms with Gasteiger partial charge in [0.2, 0.25) is 0 Å². The summed E-state index contributed by atoms with van der Waals surface area (Å²) in [6.07, 6.45) is 1.06. The Morgan fingerprint density at radius 2 is 2.05 bits per heavy atom. The van der Waals surface area contributed by atoms with E-state index in [1.54, 1.807) is 12.1 Å². The Bertz CT molecular complexity index is 637. The predicted octanol–water partition coefficient (Wildman–Crippen LogP) is 2.24. The number of nitrogens with zero attached hydrogens (tertiary/aromatic N) is 3. The summed E-state index contributed by atoms with van der Waals surface area (Å²) in [6.45, 7) is 5.80. The molecule has 0 saturated carbocycles. The van der Waals surface area contributed by atoms with Gasteiger partial charge in [0.15, 0.2) is 5.82 Å². The van der Waals surface area contributed by atoms with Gasteiger partial charge in [-0.25, -0.2) is 9.37 Å². The van der Waals surface area contributed by atoms with Crippen LogP contribution in [0.15, 0.2) is 24.3 Å². The van der Waals surface area contributed by atoms with Crippen molar-refractivity contribution in [3.8, 4) is 0 Å². The number of hydrogen-bond donors (Lipinski definition) is 2. The first kappa shape index (κ1) is 14.8. The Balaban J connectivity index is 1.89. The molecule has 1 aromatic heterocycles. The molecule has 2 aromatic rings. The van der Waals surface area contributed by atoms with Crippen molar-refractivity contribution in [2.24, 2.45) is 0 Å². The molecule has 116 valence electrons. The lowest BCUT2D eigenvalue weighted by Crippen LogP contribution is -2.24. The smallest absolute Gasteiger partial charge is 0.152 e. The Morgan fingerprint density at radius 1 is 1.27 bits per heavy atom. The van der Waals surface area contributed by atoms with Gasteiger partial charge in [-0.05, 0) is 37.6 Å². The molecule has 2 N–H and O–H groups in total. The van der Waals surface area contributed by atoms with Crippen LogP contribution >= 0.6 is 0 Å². The van der Waals surface area contributed by atoms with Crippen LogP contribution in [0.3, 0.4) is 0 Å². The third-order valence-electron chi connectivity index (χ3n) is 4.00. The van der Waals surface area contributed by atoms with Crippen LogP contribution in [0.2, 0.25) is 0 Å². The second kappa shape index (κ2) is 6.36. The highest BCUT2D eigenvalue weighted by atomic mass is 19.1. The van der Waals surface area contributed by atoms with Crippen molar-refractivity contribution in [3.05, 3.63) is 47.2 Å². The van der Waals surface area contributed by atoms with Gasteiger partial charge in [-0.15, -0.1) is 10.2 Å². The fourth-order valence-electron chi connectivity index (χ4n) is 2.69. The number of rotatable bonds is 4. The van der Waals surface area contributed by atoms with Crippen LogP contribution in [-0.4, -0.2) is 34.3 Å². The summed E-state index contributed by atoms with van der Waals surface area (Å²) in [4.78, 5) is 4.51. The average molecular weight is 301 g/mol. The lowest BCUT2D eigenvalue weighted by atomic mass is 9.97. The van der Waals surface area contributed by atoms with Gasteiger partial charge in [0.1, 0.15) is 17.3 Å². The van der Waals surface area contributed by atoms with Crippen molar-refractivity contribution in [1.82, 2.24) is 20.5 Å². The van der Waals surface area contributed by atoms with E-state index in [4.69, 9.17) is 0 Å². The third kappa shape index (κ3) is 3.22. The van der Waals surface area contributed by atoms with E-state index in [0.717, 1.165) is 36.6 Å². The fraction of sp³-hybridized carbons (Fsp3) is 0.438. The second-order valence-electron chi connectivity index (χ2n) is 5.70. The molecule has 22 heavy (non-hydrogen) atoms. The first-order valence-corrected chi connectivity index (χ1v) is 7.57. The number of benzene rings is 1. The maximum Gasteiger partial charge on any atom is 0.152 e. The predicted molar refractivity (Wildman–Crippen MR) is 83.4 cm³/mol. The van der Waals surface area contributed by atoms with E-state index in [2.05, 4.69) is 25.8 Å². The van der Waals surface area contributed by atoms with Crippen molar-refractivity contribution in [2.45, 2.75) is 32.2 Å². The first-order chi connectivity index (χ1) is 10.6. The molecule has 0 radical (unpaired) electrons. The minimum Gasteiger partial charge on any atom is -0.364 e. The summed E-state index contributed by atoms with van der Waals surface area (Å²) >= 11 is 0. The molecule has 5 nitrogen and oxygen atoms in total.